The lowest BCUT2D eigenvalue weighted by Gasteiger charge is -2.25. The van der Waals surface area contributed by atoms with Gasteiger partial charge in [0.25, 0.3) is 5.91 Å². The second kappa shape index (κ2) is 6.14. The molecule has 0 radical (unpaired) electrons. The zero-order chi connectivity index (χ0) is 18.3. The summed E-state index contributed by atoms with van der Waals surface area (Å²) in [5.41, 5.74) is 2.34. The van der Waals surface area contributed by atoms with Gasteiger partial charge in [0, 0.05) is 16.7 Å². The highest BCUT2D eigenvalue weighted by Gasteiger charge is 2.22. The molecule has 0 atom stereocenters. The highest BCUT2D eigenvalue weighted by atomic mass is 32.3. The van der Waals surface area contributed by atoms with Crippen molar-refractivity contribution in [3.63, 3.8) is 0 Å². The third kappa shape index (κ3) is 2.93. The van der Waals surface area contributed by atoms with Gasteiger partial charge in [0.15, 0.2) is 0 Å². The van der Waals surface area contributed by atoms with Gasteiger partial charge in [0.2, 0.25) is 0 Å². The molecule has 1 aliphatic heterocycles. The van der Waals surface area contributed by atoms with Crippen molar-refractivity contribution in [2.75, 3.05) is 5.32 Å². The summed E-state index contributed by atoms with van der Waals surface area (Å²) < 4.78 is 20.0. The minimum absolute atomic E-state index is 0.331. The van der Waals surface area contributed by atoms with Gasteiger partial charge in [-0.25, -0.2) is 0 Å². The molecule has 0 aliphatic carbocycles. The van der Waals surface area contributed by atoms with Gasteiger partial charge < -0.3 is 5.32 Å². The summed E-state index contributed by atoms with van der Waals surface area (Å²) in [4.78, 5) is 13.0. The third-order valence-corrected chi connectivity index (χ3v) is 5.92. The molecule has 0 saturated carbocycles. The van der Waals surface area contributed by atoms with Crippen LogP contribution in [0.2, 0.25) is 0 Å². The van der Waals surface area contributed by atoms with Gasteiger partial charge >= 0.3 is 0 Å². The van der Waals surface area contributed by atoms with Crippen molar-refractivity contribution >= 4 is 44.6 Å². The first-order valence-corrected chi connectivity index (χ1v) is 9.65. The zero-order valence-electron chi connectivity index (χ0n) is 13.8. The minimum Gasteiger partial charge on any atom is -0.322 e. The second-order valence-corrected chi connectivity index (χ2v) is 8.04. The van der Waals surface area contributed by atoms with Gasteiger partial charge in [-0.1, -0.05) is 49.0 Å². The summed E-state index contributed by atoms with van der Waals surface area (Å²) in [6.07, 6.45) is 1.67. The van der Waals surface area contributed by atoms with E-state index in [-0.39, 0.29) is 5.91 Å². The largest absolute Gasteiger partial charge is 0.322 e. The van der Waals surface area contributed by atoms with Gasteiger partial charge in [-0.05, 0) is 46.2 Å². The molecule has 0 aromatic heterocycles. The Bertz CT molecular complexity index is 1090. The van der Waals surface area contributed by atoms with Gasteiger partial charge in [-0.3, -0.25) is 13.9 Å². The number of rotatable bonds is 3. The van der Waals surface area contributed by atoms with Crippen molar-refractivity contribution < 1.29 is 13.9 Å². The van der Waals surface area contributed by atoms with E-state index in [1.165, 1.54) is 5.41 Å². The predicted octanol–water partition coefficient (Wildman–Crippen LogP) is 5.59. The molecule has 3 aromatic carbocycles. The number of hydrogen-bond acceptors (Lipinski definition) is 3. The Morgan fingerprint density at radius 2 is 1.73 bits per heavy atom. The summed E-state index contributed by atoms with van der Waals surface area (Å²) in [6, 6.07) is 18.8. The van der Waals surface area contributed by atoms with Crippen LogP contribution in [0.3, 0.4) is 0 Å². The molecular weight excluding hydrogens is 346 g/mol. The van der Waals surface area contributed by atoms with E-state index in [1.807, 2.05) is 42.5 Å². The van der Waals surface area contributed by atoms with Crippen LogP contribution in [0.1, 0.15) is 11.1 Å². The Morgan fingerprint density at radius 1 is 0.962 bits per heavy atom. The number of nitrogens with one attached hydrogen (secondary N) is 1. The van der Waals surface area contributed by atoms with Gasteiger partial charge in [0.05, 0.1) is 4.90 Å². The molecule has 130 valence electrons. The van der Waals surface area contributed by atoms with Crippen molar-refractivity contribution in [2.24, 2.45) is 0 Å². The predicted molar refractivity (Wildman–Crippen MR) is 108 cm³/mol. The van der Waals surface area contributed by atoms with Gasteiger partial charge in [0.1, 0.15) is 0 Å². The van der Waals surface area contributed by atoms with Crippen LogP contribution in [0.15, 0.2) is 77.5 Å². The van der Waals surface area contributed by atoms with E-state index in [9.17, 15) is 13.9 Å². The number of fused-ring (bicyclic) bond motifs is 2. The number of amides is 1. The van der Waals surface area contributed by atoms with Crippen LogP contribution in [0, 0.1) is 0 Å². The number of carbonyl (C=O) groups is 1. The zero-order valence-corrected chi connectivity index (χ0v) is 14.7. The minimum atomic E-state index is -2.91. The molecule has 5 heteroatoms. The van der Waals surface area contributed by atoms with E-state index in [0.717, 1.165) is 21.9 Å². The molecule has 4 nitrogen and oxygen atoms in total. The monoisotopic (exact) mass is 363 g/mol. The number of carbonyl (C=O) groups excluding carboxylic acids is 1. The Kier molecular flexibility index (Phi) is 3.92. The van der Waals surface area contributed by atoms with E-state index >= 15 is 0 Å². The van der Waals surface area contributed by atoms with Crippen LogP contribution in [0.5, 0.6) is 0 Å². The van der Waals surface area contributed by atoms with E-state index in [1.54, 1.807) is 24.3 Å². The molecule has 1 heterocycles. The van der Waals surface area contributed by atoms with Gasteiger partial charge in [-0.2, -0.15) is 0 Å². The van der Waals surface area contributed by atoms with Crippen LogP contribution < -0.4 is 5.32 Å². The molecule has 1 aliphatic rings. The maximum absolute atomic E-state index is 12.6. The Morgan fingerprint density at radius 3 is 2.54 bits per heavy atom. The summed E-state index contributed by atoms with van der Waals surface area (Å²) >= 11 is 0. The highest BCUT2D eigenvalue weighted by molar-refractivity contribution is 8.27. The lowest BCUT2D eigenvalue weighted by molar-refractivity contribution is -0.111. The second-order valence-electron chi connectivity index (χ2n) is 6.14. The number of benzene rings is 3. The molecule has 4 rings (SSSR count). The quantitative estimate of drug-likeness (QED) is 0.532. The SMILES string of the molecule is C=C(C(=O)Nc1ccc2c(c1)S(O)(O)C=C2)c1ccc2ccccc2c1. The topological polar surface area (TPSA) is 69.6 Å². The van der Waals surface area contributed by atoms with Crippen LogP contribution in [0.4, 0.5) is 5.69 Å². The highest BCUT2D eigenvalue weighted by Crippen LogP contribution is 2.56. The molecule has 3 N–H and O–H groups in total. The number of anilines is 1. The third-order valence-electron chi connectivity index (χ3n) is 4.40. The van der Waals surface area contributed by atoms with Crippen molar-refractivity contribution in [3.8, 4) is 0 Å². The van der Waals surface area contributed by atoms with Crippen LogP contribution in [-0.2, 0) is 4.79 Å². The van der Waals surface area contributed by atoms with Crippen molar-refractivity contribution in [3.05, 3.63) is 83.8 Å². The van der Waals surface area contributed by atoms with Crippen LogP contribution in [-0.4, -0.2) is 15.0 Å². The van der Waals surface area contributed by atoms with Crippen molar-refractivity contribution in [2.45, 2.75) is 4.90 Å². The lowest BCUT2D eigenvalue weighted by Crippen LogP contribution is -2.13. The fourth-order valence-corrected chi connectivity index (χ4v) is 4.23. The van der Waals surface area contributed by atoms with Crippen molar-refractivity contribution in [1.82, 2.24) is 0 Å². The van der Waals surface area contributed by atoms with E-state index in [2.05, 4.69) is 11.9 Å². The van der Waals surface area contributed by atoms with E-state index in [0.29, 0.717) is 16.2 Å². The van der Waals surface area contributed by atoms with Crippen LogP contribution >= 0.6 is 10.6 Å². The molecular formula is C21H17NO3S. The molecule has 0 bridgehead atoms. The average Bonchev–Trinajstić information content (AvgIpc) is 2.95. The van der Waals surface area contributed by atoms with Gasteiger partial charge in [-0.15, -0.1) is 10.6 Å². The first-order chi connectivity index (χ1) is 12.4. The Balaban J connectivity index is 1.57. The summed E-state index contributed by atoms with van der Waals surface area (Å²) in [5.74, 6) is -0.331. The molecule has 1 amide bonds. The first kappa shape index (κ1) is 16.6. The molecule has 26 heavy (non-hydrogen) atoms. The Hall–Kier alpha value is -2.86. The average molecular weight is 363 g/mol. The fourth-order valence-electron chi connectivity index (χ4n) is 2.97. The standard InChI is InChI=1S/C21H17NO3S/c1-14(17-7-6-15-4-2-3-5-18(15)12-17)21(23)22-19-9-8-16-10-11-26(24,25)20(16)13-19/h2-13,24-25H,1H2,(H,22,23). The molecule has 0 saturated heterocycles. The smallest absolute Gasteiger partial charge is 0.255 e. The maximum Gasteiger partial charge on any atom is 0.255 e. The van der Waals surface area contributed by atoms with Crippen molar-refractivity contribution in [1.29, 1.82) is 0 Å². The number of hydrogen-bond donors (Lipinski definition) is 3. The van der Waals surface area contributed by atoms with Crippen LogP contribution in [0.25, 0.3) is 22.4 Å². The van der Waals surface area contributed by atoms with E-state index < -0.39 is 10.6 Å². The molecule has 0 spiro atoms. The first-order valence-electron chi connectivity index (χ1n) is 8.04. The summed E-state index contributed by atoms with van der Waals surface area (Å²) in [7, 11) is -2.91. The normalized spacial score (nSPS) is 15.5. The summed E-state index contributed by atoms with van der Waals surface area (Å²) in [6.45, 7) is 3.91. The Labute approximate surface area is 152 Å². The summed E-state index contributed by atoms with van der Waals surface area (Å²) in [5, 5.41) is 6.30. The molecule has 3 aromatic rings. The fraction of sp³-hybridized carbons (Fsp3) is 0. The maximum atomic E-state index is 12.6. The lowest BCUT2D eigenvalue weighted by atomic mass is 10.0. The molecule has 0 fully saturated rings. The molecule has 0 unspecified atom stereocenters. The van der Waals surface area contributed by atoms with E-state index in [4.69, 9.17) is 0 Å².